The maximum absolute atomic E-state index is 13.8. The molecule has 0 radical (unpaired) electrons. The van der Waals surface area contributed by atoms with Crippen LogP contribution in [0.15, 0.2) is 78.9 Å². The monoisotopic (exact) mass is 506 g/mol. The molecule has 3 aromatic rings. The molecular formula is C27H26N2O6S. The van der Waals surface area contributed by atoms with Crippen molar-refractivity contribution in [2.24, 2.45) is 0 Å². The van der Waals surface area contributed by atoms with Crippen molar-refractivity contribution >= 4 is 35.3 Å². The fourth-order valence-corrected chi connectivity index (χ4v) is 5.67. The van der Waals surface area contributed by atoms with Crippen LogP contribution in [0.1, 0.15) is 33.3 Å². The largest absolute Gasteiger partial charge is 0.508 e. The summed E-state index contributed by atoms with van der Waals surface area (Å²) in [6.45, 7) is 0. The number of rotatable bonds is 9. The lowest BCUT2D eigenvalue weighted by molar-refractivity contribution is -0.141. The predicted molar refractivity (Wildman–Crippen MR) is 137 cm³/mol. The summed E-state index contributed by atoms with van der Waals surface area (Å²) in [5.74, 6) is -2.64. The van der Waals surface area contributed by atoms with E-state index in [0.717, 1.165) is 5.56 Å². The number of amides is 1. The Morgan fingerprint density at radius 1 is 0.944 bits per heavy atom. The van der Waals surface area contributed by atoms with Gasteiger partial charge in [0.25, 0.3) is 5.91 Å². The molecule has 9 heteroatoms. The molecule has 4 rings (SSSR count). The summed E-state index contributed by atoms with van der Waals surface area (Å²) in [6.07, 6.45) is 0.819. The fraction of sp³-hybridized carbons (Fsp3) is 0.222. The zero-order valence-electron chi connectivity index (χ0n) is 19.3. The number of carbonyl (C=O) groups excluding carboxylic acids is 1. The Hall–Kier alpha value is -3.98. The molecule has 2 unspecified atom stereocenters. The van der Waals surface area contributed by atoms with Gasteiger partial charge < -0.3 is 25.5 Å². The Morgan fingerprint density at radius 3 is 2.31 bits per heavy atom. The number of carboxylic acids is 2. The van der Waals surface area contributed by atoms with Gasteiger partial charge in [0, 0.05) is 17.0 Å². The summed E-state index contributed by atoms with van der Waals surface area (Å²) in [6, 6.07) is 20.5. The van der Waals surface area contributed by atoms with Crippen LogP contribution in [0.4, 0.5) is 5.69 Å². The minimum absolute atomic E-state index is 0.0305. The van der Waals surface area contributed by atoms with E-state index in [-0.39, 0.29) is 17.1 Å². The van der Waals surface area contributed by atoms with Crippen LogP contribution in [0.25, 0.3) is 0 Å². The smallest absolute Gasteiger partial charge is 0.327 e. The normalized spacial score (nSPS) is 17.9. The number of carboxylic acid groups (broad SMARTS) is 2. The molecule has 0 aromatic heterocycles. The quantitative estimate of drug-likeness (QED) is 0.340. The number of anilines is 1. The Labute approximate surface area is 212 Å². The van der Waals surface area contributed by atoms with E-state index >= 15 is 0 Å². The van der Waals surface area contributed by atoms with Crippen LogP contribution in [0.5, 0.6) is 5.75 Å². The van der Waals surface area contributed by atoms with Gasteiger partial charge in [0.15, 0.2) is 0 Å². The van der Waals surface area contributed by atoms with E-state index in [1.807, 2.05) is 30.3 Å². The summed E-state index contributed by atoms with van der Waals surface area (Å²) in [5.41, 5.74) is 1.91. The number of benzene rings is 3. The van der Waals surface area contributed by atoms with Crippen LogP contribution >= 0.6 is 11.8 Å². The van der Waals surface area contributed by atoms with E-state index in [4.69, 9.17) is 0 Å². The second-order valence-corrected chi connectivity index (χ2v) is 9.53. The molecule has 1 amide bonds. The third-order valence-corrected chi connectivity index (χ3v) is 7.38. The van der Waals surface area contributed by atoms with Crippen molar-refractivity contribution in [1.82, 2.24) is 4.90 Å². The second-order valence-electron chi connectivity index (χ2n) is 8.42. The molecule has 1 fully saturated rings. The van der Waals surface area contributed by atoms with Gasteiger partial charge in [-0.1, -0.05) is 60.7 Å². The molecule has 3 aromatic carbocycles. The van der Waals surface area contributed by atoms with E-state index < -0.39 is 35.3 Å². The molecule has 1 saturated heterocycles. The lowest BCUT2D eigenvalue weighted by atomic mass is 10.0. The molecule has 3 atom stereocenters. The van der Waals surface area contributed by atoms with Gasteiger partial charge in [-0.2, -0.15) is 0 Å². The van der Waals surface area contributed by atoms with Crippen molar-refractivity contribution in [3.05, 3.63) is 95.6 Å². The standard InChI is InChI=1S/C27H26N2O6S/c30-23-13-7-5-11-19(23)25-29(22(16-36-25)27(34)35)24(31)18-10-4-6-12-20(18)28-21(26(32)33)15-14-17-8-2-1-3-9-17/h1-13,21-22,25,28,30H,14-16H2,(H,32,33)(H,34,35)/t21?,22-,25?/m0/s1. The summed E-state index contributed by atoms with van der Waals surface area (Å²) in [5, 5.41) is 32.3. The molecule has 1 heterocycles. The molecule has 0 bridgehead atoms. The van der Waals surface area contributed by atoms with Gasteiger partial charge in [-0.15, -0.1) is 11.8 Å². The number of aliphatic carboxylic acids is 2. The average Bonchev–Trinajstić information content (AvgIpc) is 3.32. The van der Waals surface area contributed by atoms with Crippen molar-refractivity contribution in [2.45, 2.75) is 30.3 Å². The van der Waals surface area contributed by atoms with Crippen molar-refractivity contribution in [2.75, 3.05) is 11.1 Å². The van der Waals surface area contributed by atoms with Gasteiger partial charge >= 0.3 is 11.9 Å². The Kier molecular flexibility index (Phi) is 7.80. The molecule has 8 nitrogen and oxygen atoms in total. The zero-order chi connectivity index (χ0) is 25.7. The second kappa shape index (κ2) is 11.2. The predicted octanol–water partition coefficient (Wildman–Crippen LogP) is 4.23. The Morgan fingerprint density at radius 2 is 1.61 bits per heavy atom. The lowest BCUT2D eigenvalue weighted by Gasteiger charge is -2.29. The highest BCUT2D eigenvalue weighted by molar-refractivity contribution is 7.99. The Bertz CT molecular complexity index is 1250. The fourth-order valence-electron chi connectivity index (χ4n) is 4.22. The van der Waals surface area contributed by atoms with Crippen LogP contribution < -0.4 is 5.32 Å². The molecule has 36 heavy (non-hydrogen) atoms. The van der Waals surface area contributed by atoms with E-state index in [2.05, 4.69) is 5.32 Å². The van der Waals surface area contributed by atoms with Gasteiger partial charge in [-0.3, -0.25) is 4.79 Å². The SMILES string of the molecule is O=C(O)C(CCc1ccccc1)Nc1ccccc1C(=O)N1C(c2ccccc2O)SC[C@H]1C(=O)O. The molecule has 0 spiro atoms. The number of carbonyl (C=O) groups is 3. The highest BCUT2D eigenvalue weighted by Crippen LogP contribution is 2.45. The van der Waals surface area contributed by atoms with Gasteiger partial charge in [-0.05, 0) is 36.6 Å². The van der Waals surface area contributed by atoms with Gasteiger partial charge in [0.2, 0.25) is 0 Å². The van der Waals surface area contributed by atoms with Crippen molar-refractivity contribution in [3.63, 3.8) is 0 Å². The summed E-state index contributed by atoms with van der Waals surface area (Å²) < 4.78 is 0. The van der Waals surface area contributed by atoms with Crippen LogP contribution in [-0.2, 0) is 16.0 Å². The molecule has 186 valence electrons. The zero-order valence-corrected chi connectivity index (χ0v) is 20.1. The molecule has 4 N–H and O–H groups in total. The molecule has 1 aliphatic heterocycles. The number of nitrogens with one attached hydrogen (secondary N) is 1. The highest BCUT2D eigenvalue weighted by atomic mass is 32.2. The first kappa shape index (κ1) is 25.1. The number of para-hydroxylation sites is 2. The van der Waals surface area contributed by atoms with Gasteiger partial charge in [0.1, 0.15) is 23.2 Å². The van der Waals surface area contributed by atoms with Crippen molar-refractivity contribution in [3.8, 4) is 5.75 Å². The number of aryl methyl sites for hydroxylation is 1. The summed E-state index contributed by atoms with van der Waals surface area (Å²) in [7, 11) is 0. The minimum Gasteiger partial charge on any atom is -0.508 e. The number of thioether (sulfide) groups is 1. The van der Waals surface area contributed by atoms with E-state index in [1.165, 1.54) is 22.7 Å². The maximum atomic E-state index is 13.8. The number of hydrogen-bond acceptors (Lipinski definition) is 6. The third kappa shape index (κ3) is 5.46. The van der Waals surface area contributed by atoms with E-state index in [9.17, 15) is 29.7 Å². The van der Waals surface area contributed by atoms with Gasteiger partial charge in [0.05, 0.1) is 5.56 Å². The topological polar surface area (TPSA) is 127 Å². The minimum atomic E-state index is -1.15. The maximum Gasteiger partial charge on any atom is 0.327 e. The third-order valence-electron chi connectivity index (χ3n) is 6.07. The average molecular weight is 507 g/mol. The summed E-state index contributed by atoms with van der Waals surface area (Å²) in [4.78, 5) is 39.1. The number of phenols is 1. The highest BCUT2D eigenvalue weighted by Gasteiger charge is 2.44. The van der Waals surface area contributed by atoms with Crippen LogP contribution in [0.2, 0.25) is 0 Å². The van der Waals surface area contributed by atoms with Crippen molar-refractivity contribution < 1.29 is 29.7 Å². The number of hydrogen-bond donors (Lipinski definition) is 4. The number of phenolic OH excluding ortho intramolecular Hbond substituents is 1. The first-order valence-corrected chi connectivity index (χ1v) is 12.5. The first-order valence-electron chi connectivity index (χ1n) is 11.4. The van der Waals surface area contributed by atoms with Gasteiger partial charge in [-0.25, -0.2) is 9.59 Å². The summed E-state index contributed by atoms with van der Waals surface area (Å²) >= 11 is 1.26. The molecule has 0 saturated carbocycles. The molecule has 0 aliphatic carbocycles. The van der Waals surface area contributed by atoms with Crippen LogP contribution in [0, 0.1) is 0 Å². The lowest BCUT2D eigenvalue weighted by Crippen LogP contribution is -2.43. The molecular weight excluding hydrogens is 480 g/mol. The first-order chi connectivity index (χ1) is 17.4. The number of nitrogens with zero attached hydrogens (tertiary/aromatic N) is 1. The van der Waals surface area contributed by atoms with E-state index in [1.54, 1.807) is 42.5 Å². The number of aromatic hydroxyl groups is 1. The van der Waals surface area contributed by atoms with Crippen LogP contribution in [0.3, 0.4) is 0 Å². The van der Waals surface area contributed by atoms with Crippen molar-refractivity contribution in [1.29, 1.82) is 0 Å². The van der Waals surface area contributed by atoms with E-state index in [0.29, 0.717) is 24.1 Å². The van der Waals surface area contributed by atoms with Crippen LogP contribution in [-0.4, -0.2) is 55.9 Å². The Balaban J connectivity index is 1.62. The molecule has 1 aliphatic rings.